The first-order chi connectivity index (χ1) is 11.1. The Balaban J connectivity index is 0.000000441. The van der Waals surface area contributed by atoms with E-state index < -0.39 is 0 Å². The Labute approximate surface area is 161 Å². The largest absolute Gasteiger partial charge is 0.198 e. The average molecular weight is 429 g/mol. The van der Waals surface area contributed by atoms with Gasteiger partial charge in [-0.2, -0.15) is 10.5 Å². The van der Waals surface area contributed by atoms with Gasteiger partial charge in [-0.3, -0.25) is 0 Å². The summed E-state index contributed by atoms with van der Waals surface area (Å²) in [5.74, 6) is 0. The molecule has 0 atom stereocenters. The molecule has 0 saturated heterocycles. The quantitative estimate of drug-likeness (QED) is 0.518. The number of hydrogen-bond donors (Lipinski definition) is 0. The molecule has 2 rings (SSSR count). The topological polar surface area (TPSA) is 47.6 Å². The number of benzene rings is 2. The molecule has 24 heavy (non-hydrogen) atoms. The normalized spacial score (nSPS) is 9.50. The molecule has 2 nitrogen and oxygen atoms in total. The second kappa shape index (κ2) is 12.9. The van der Waals surface area contributed by atoms with Gasteiger partial charge in [0.05, 0.1) is 12.1 Å². The number of nitriles is 2. The van der Waals surface area contributed by atoms with Crippen molar-refractivity contribution in [3.63, 3.8) is 0 Å². The Kier molecular flexibility index (Phi) is 12.1. The molecular weight excluding hydrogens is 406 g/mol. The Morgan fingerprint density at radius 3 is 1.50 bits per heavy atom. The Hall–Kier alpha value is -1.49. The van der Waals surface area contributed by atoms with E-state index >= 15 is 0 Å². The maximum absolute atomic E-state index is 8.40. The molecule has 0 aliphatic carbocycles. The van der Waals surface area contributed by atoms with Crippen LogP contribution in [0, 0.1) is 28.1 Å². The summed E-state index contributed by atoms with van der Waals surface area (Å²) in [7, 11) is 0.777. The van der Waals surface area contributed by atoms with Gasteiger partial charge >= 0.3 is 0 Å². The molecule has 0 radical (unpaired) electrons. The van der Waals surface area contributed by atoms with Crippen molar-refractivity contribution in [2.24, 2.45) is 5.41 Å². The maximum atomic E-state index is 8.40. The molecule has 0 heterocycles. The van der Waals surface area contributed by atoms with Crippen molar-refractivity contribution < 1.29 is 20.4 Å². The molecule has 0 aromatic heterocycles. The van der Waals surface area contributed by atoms with Gasteiger partial charge in [0.25, 0.3) is 0 Å². The van der Waals surface area contributed by atoms with Crippen LogP contribution in [0.2, 0.25) is 0 Å². The molecule has 0 bridgehead atoms. The zero-order valence-corrected chi connectivity index (χ0v) is 16.7. The summed E-state index contributed by atoms with van der Waals surface area (Å²) in [6, 6.07) is 25.3. The second-order valence-corrected chi connectivity index (χ2v) is 7.10. The third kappa shape index (κ3) is 8.97. The van der Waals surface area contributed by atoms with Gasteiger partial charge in [-0.15, -0.1) is 0 Å². The first-order valence-electron chi connectivity index (χ1n) is 7.74. The van der Waals surface area contributed by atoms with E-state index in [1.807, 2.05) is 13.8 Å². The molecule has 0 unspecified atom stereocenters. The molecule has 0 saturated carbocycles. The van der Waals surface area contributed by atoms with Crippen molar-refractivity contribution in [2.75, 3.05) is 0 Å². The van der Waals surface area contributed by atoms with Gasteiger partial charge in [0.1, 0.15) is 0 Å². The van der Waals surface area contributed by atoms with E-state index in [0.29, 0.717) is 12.8 Å². The van der Waals surface area contributed by atoms with E-state index in [1.54, 1.807) is 0 Å². The molecule has 0 fully saturated rings. The van der Waals surface area contributed by atoms with Crippen LogP contribution in [-0.2, 0) is 20.4 Å². The van der Waals surface area contributed by atoms with Crippen LogP contribution in [0.1, 0.15) is 33.1 Å². The van der Waals surface area contributed by atoms with E-state index in [0.717, 1.165) is 15.0 Å². The van der Waals surface area contributed by atoms with E-state index in [9.17, 15) is 0 Å². The molecule has 2 aromatic rings. The minimum Gasteiger partial charge on any atom is -0.198 e. The van der Waals surface area contributed by atoms with Crippen LogP contribution in [0.5, 0.6) is 0 Å². The molecule has 0 amide bonds. The summed E-state index contributed by atoms with van der Waals surface area (Å²) in [6.45, 7) is 3.98. The van der Waals surface area contributed by atoms with Crippen molar-refractivity contribution >= 4 is 19.2 Å². The van der Waals surface area contributed by atoms with Crippen LogP contribution in [-0.4, -0.2) is 0 Å². The summed E-state index contributed by atoms with van der Waals surface area (Å²) >= 11 is 0. The third-order valence-electron chi connectivity index (χ3n) is 3.70. The predicted octanol–water partition coefficient (Wildman–Crippen LogP) is 4.54. The van der Waals surface area contributed by atoms with Gasteiger partial charge in [0, 0.05) is 33.3 Å². The minimum atomic E-state index is -0.0799. The van der Waals surface area contributed by atoms with Crippen LogP contribution in [0.3, 0.4) is 0 Å². The monoisotopic (exact) mass is 428 g/mol. The van der Waals surface area contributed by atoms with Crippen LogP contribution < -0.4 is 10.6 Å². The Morgan fingerprint density at radius 1 is 0.833 bits per heavy atom. The third-order valence-corrected chi connectivity index (χ3v) is 4.95. The van der Waals surface area contributed by atoms with Gasteiger partial charge in [0.2, 0.25) is 0 Å². The average Bonchev–Trinajstić information content (AvgIpc) is 2.58. The zero-order valence-electron chi connectivity index (χ0n) is 14.1. The SMILES string of the molecule is CCC(C)(CC#N)CC#N.[Pd].c1ccc(Pc2ccccc2)cc1. The van der Waals surface area contributed by atoms with Crippen LogP contribution in [0.15, 0.2) is 60.7 Å². The number of hydrogen-bond acceptors (Lipinski definition) is 2. The van der Waals surface area contributed by atoms with Crippen molar-refractivity contribution in [3.8, 4) is 12.1 Å². The molecule has 0 aliphatic heterocycles. The standard InChI is InChI=1S/C12H11P.C8H12N2.Pd/c1-3-7-11(8-4-1)13-12-9-5-2-6-10-12;1-3-8(2,4-6-9)5-7-10;/h1-10,13H;3-5H2,1-2H3;. The smallest absolute Gasteiger partial charge is 0.0627 e. The number of rotatable bonds is 5. The van der Waals surface area contributed by atoms with E-state index in [1.165, 1.54) is 10.6 Å². The summed E-state index contributed by atoms with van der Waals surface area (Å²) < 4.78 is 0. The Morgan fingerprint density at radius 2 is 1.21 bits per heavy atom. The Bertz CT molecular complexity index is 591. The predicted molar refractivity (Wildman–Crippen MR) is 99.3 cm³/mol. The molecule has 0 spiro atoms. The van der Waals surface area contributed by atoms with Crippen molar-refractivity contribution in [2.45, 2.75) is 33.1 Å². The van der Waals surface area contributed by atoms with Crippen molar-refractivity contribution in [1.29, 1.82) is 10.5 Å². The fourth-order valence-corrected chi connectivity index (χ4v) is 2.96. The van der Waals surface area contributed by atoms with Crippen LogP contribution in [0.4, 0.5) is 0 Å². The van der Waals surface area contributed by atoms with E-state index in [4.69, 9.17) is 10.5 Å². The van der Waals surface area contributed by atoms with Gasteiger partial charge < -0.3 is 0 Å². The van der Waals surface area contributed by atoms with Crippen molar-refractivity contribution in [3.05, 3.63) is 60.7 Å². The summed E-state index contributed by atoms with van der Waals surface area (Å²) in [5, 5.41) is 19.6. The molecule has 0 aliphatic rings. The summed E-state index contributed by atoms with van der Waals surface area (Å²) in [5.41, 5.74) is -0.0799. The fraction of sp³-hybridized carbons (Fsp3) is 0.300. The molecular formula is C20H23N2PPd. The molecule has 0 N–H and O–H groups in total. The van der Waals surface area contributed by atoms with Crippen LogP contribution in [0.25, 0.3) is 0 Å². The molecule has 4 heteroatoms. The zero-order chi connectivity index (χ0) is 17.0. The molecule has 2 aromatic carbocycles. The fourth-order valence-electron chi connectivity index (χ4n) is 1.90. The summed E-state index contributed by atoms with van der Waals surface area (Å²) in [4.78, 5) is 0. The summed E-state index contributed by atoms with van der Waals surface area (Å²) in [6.07, 6.45) is 1.86. The first-order valence-corrected chi connectivity index (χ1v) is 8.74. The van der Waals surface area contributed by atoms with E-state index in [2.05, 4.69) is 72.8 Å². The number of nitrogens with zero attached hydrogens (tertiary/aromatic N) is 2. The molecule has 128 valence electrons. The maximum Gasteiger partial charge on any atom is 0.0627 e. The van der Waals surface area contributed by atoms with Gasteiger partial charge in [-0.1, -0.05) is 83.1 Å². The van der Waals surface area contributed by atoms with Gasteiger partial charge in [0.15, 0.2) is 0 Å². The second-order valence-electron chi connectivity index (χ2n) is 5.69. The van der Waals surface area contributed by atoms with Gasteiger partial charge in [-0.25, -0.2) is 0 Å². The first kappa shape index (κ1) is 22.5. The van der Waals surface area contributed by atoms with Crippen LogP contribution >= 0.6 is 8.58 Å². The minimum absolute atomic E-state index is 0. The van der Waals surface area contributed by atoms with Crippen molar-refractivity contribution in [1.82, 2.24) is 0 Å². The van der Waals surface area contributed by atoms with E-state index in [-0.39, 0.29) is 25.8 Å². The van der Waals surface area contributed by atoms with Gasteiger partial charge in [-0.05, 0) is 22.4 Å².